The zero-order valence-corrected chi connectivity index (χ0v) is 14.9. The number of amides is 1. The molecule has 1 aromatic heterocycles. The van der Waals surface area contributed by atoms with Crippen LogP contribution in [0.25, 0.3) is 0 Å². The Morgan fingerprint density at radius 3 is 2.04 bits per heavy atom. The molecule has 0 saturated carbocycles. The first kappa shape index (κ1) is 19.1. The van der Waals surface area contributed by atoms with Gasteiger partial charge in [0.1, 0.15) is 0 Å². The lowest BCUT2D eigenvalue weighted by molar-refractivity contribution is -0.394. The van der Waals surface area contributed by atoms with Crippen molar-refractivity contribution in [1.29, 1.82) is 0 Å². The molecule has 0 unspecified atom stereocenters. The monoisotopic (exact) mass is 387 g/mol. The number of hydrogen-bond acceptors (Lipinski definition) is 9. The summed E-state index contributed by atoms with van der Waals surface area (Å²) in [4.78, 5) is 45.3. The third-order valence-corrected chi connectivity index (χ3v) is 4.27. The molecule has 12 heteroatoms. The molecule has 1 aliphatic heterocycles. The summed E-state index contributed by atoms with van der Waals surface area (Å²) in [6, 6.07) is 2.74. The maximum absolute atomic E-state index is 12.4. The second-order valence-corrected chi connectivity index (χ2v) is 6.27. The molecule has 2 aromatic rings. The van der Waals surface area contributed by atoms with Crippen LogP contribution < -0.4 is 10.2 Å². The van der Waals surface area contributed by atoms with E-state index in [1.807, 2.05) is 11.9 Å². The number of non-ortho nitro benzene ring substituents is 2. The molecular formula is C16H17N7O5. The van der Waals surface area contributed by atoms with E-state index in [0.717, 1.165) is 44.4 Å². The van der Waals surface area contributed by atoms with Crippen molar-refractivity contribution in [2.75, 3.05) is 43.4 Å². The van der Waals surface area contributed by atoms with Gasteiger partial charge in [-0.1, -0.05) is 0 Å². The molecule has 0 spiro atoms. The molecule has 3 rings (SSSR count). The molecule has 1 N–H and O–H groups in total. The van der Waals surface area contributed by atoms with Gasteiger partial charge in [0, 0.05) is 38.3 Å². The highest BCUT2D eigenvalue weighted by atomic mass is 16.6. The number of rotatable bonds is 5. The van der Waals surface area contributed by atoms with E-state index in [4.69, 9.17) is 0 Å². The number of nitrogens with one attached hydrogen (secondary N) is 1. The highest BCUT2D eigenvalue weighted by Crippen LogP contribution is 2.23. The number of nitro benzene ring substituents is 2. The van der Waals surface area contributed by atoms with Crippen LogP contribution in [0.15, 0.2) is 30.6 Å². The first-order chi connectivity index (χ1) is 13.3. The predicted octanol–water partition coefficient (Wildman–Crippen LogP) is 1.30. The molecule has 0 atom stereocenters. The average molecular weight is 387 g/mol. The standard InChI is InChI=1S/C16H17N7O5/c1-20-2-4-21(5-3-20)16-17-9-12(10-18-16)19-15(24)11-6-13(22(25)26)8-14(7-11)23(27)28/h6-10H,2-5H2,1H3,(H,19,24). The minimum atomic E-state index is -0.794. The summed E-state index contributed by atoms with van der Waals surface area (Å²) in [5.74, 6) is -0.195. The Balaban J connectivity index is 1.74. The summed E-state index contributed by atoms with van der Waals surface area (Å²) in [7, 11) is 2.04. The van der Waals surface area contributed by atoms with Gasteiger partial charge in [-0.2, -0.15) is 0 Å². The summed E-state index contributed by atoms with van der Waals surface area (Å²) in [5.41, 5.74) is -1.01. The summed E-state index contributed by atoms with van der Waals surface area (Å²) in [6.45, 7) is 3.37. The number of aromatic nitrogens is 2. The van der Waals surface area contributed by atoms with E-state index in [1.54, 1.807) is 0 Å². The van der Waals surface area contributed by atoms with Gasteiger partial charge in [0.05, 0.1) is 39.6 Å². The molecule has 1 aromatic carbocycles. The fraction of sp³-hybridized carbons (Fsp3) is 0.312. The van der Waals surface area contributed by atoms with Gasteiger partial charge in [0.25, 0.3) is 17.3 Å². The van der Waals surface area contributed by atoms with Crippen molar-refractivity contribution in [2.45, 2.75) is 0 Å². The molecule has 1 amide bonds. The quantitative estimate of drug-likeness (QED) is 0.592. The zero-order chi connectivity index (χ0) is 20.3. The Kier molecular flexibility index (Phi) is 5.40. The second-order valence-electron chi connectivity index (χ2n) is 6.27. The van der Waals surface area contributed by atoms with Crippen molar-refractivity contribution >= 4 is 28.9 Å². The first-order valence-corrected chi connectivity index (χ1v) is 8.34. The summed E-state index contributed by atoms with van der Waals surface area (Å²) in [6.07, 6.45) is 2.84. The largest absolute Gasteiger partial charge is 0.338 e. The number of benzene rings is 1. The molecule has 1 saturated heterocycles. The zero-order valence-electron chi connectivity index (χ0n) is 14.9. The fourth-order valence-electron chi connectivity index (χ4n) is 2.70. The number of carbonyl (C=O) groups excluding carboxylic acids is 1. The van der Waals surface area contributed by atoms with Crippen LogP contribution in [0.2, 0.25) is 0 Å². The van der Waals surface area contributed by atoms with Gasteiger partial charge in [0.2, 0.25) is 5.95 Å². The molecule has 1 aliphatic rings. The van der Waals surface area contributed by atoms with Crippen LogP contribution in [0.1, 0.15) is 10.4 Å². The maximum atomic E-state index is 12.4. The Morgan fingerprint density at radius 1 is 1.00 bits per heavy atom. The van der Waals surface area contributed by atoms with Crippen molar-refractivity contribution < 1.29 is 14.6 Å². The van der Waals surface area contributed by atoms with E-state index < -0.39 is 27.1 Å². The fourth-order valence-corrected chi connectivity index (χ4v) is 2.70. The smallest absolute Gasteiger partial charge is 0.277 e. The highest BCUT2D eigenvalue weighted by Gasteiger charge is 2.20. The van der Waals surface area contributed by atoms with E-state index in [-0.39, 0.29) is 11.3 Å². The number of hydrogen-bond donors (Lipinski definition) is 1. The van der Waals surface area contributed by atoms with E-state index >= 15 is 0 Å². The lowest BCUT2D eigenvalue weighted by Gasteiger charge is -2.32. The second kappa shape index (κ2) is 7.92. The first-order valence-electron chi connectivity index (χ1n) is 8.34. The van der Waals surface area contributed by atoms with Gasteiger partial charge in [-0.15, -0.1) is 0 Å². The Labute approximate surface area is 159 Å². The van der Waals surface area contributed by atoms with Gasteiger partial charge >= 0.3 is 0 Å². The number of nitrogens with zero attached hydrogens (tertiary/aromatic N) is 6. The molecular weight excluding hydrogens is 370 g/mol. The van der Waals surface area contributed by atoms with E-state index in [1.165, 1.54) is 12.4 Å². The third-order valence-electron chi connectivity index (χ3n) is 4.27. The minimum Gasteiger partial charge on any atom is -0.338 e. The lowest BCUT2D eigenvalue weighted by atomic mass is 10.1. The van der Waals surface area contributed by atoms with Crippen molar-refractivity contribution in [3.05, 3.63) is 56.4 Å². The number of nitro groups is 2. The molecule has 28 heavy (non-hydrogen) atoms. The Hall–Kier alpha value is -3.67. The third kappa shape index (κ3) is 4.35. The maximum Gasteiger partial charge on any atom is 0.277 e. The molecule has 0 bridgehead atoms. The van der Waals surface area contributed by atoms with Crippen LogP contribution in [0.3, 0.4) is 0 Å². The van der Waals surface area contributed by atoms with Crippen LogP contribution in [0.5, 0.6) is 0 Å². The number of piperazine rings is 1. The predicted molar refractivity (Wildman–Crippen MR) is 99.4 cm³/mol. The van der Waals surface area contributed by atoms with E-state index in [0.29, 0.717) is 5.95 Å². The number of anilines is 2. The van der Waals surface area contributed by atoms with E-state index in [9.17, 15) is 25.0 Å². The molecule has 146 valence electrons. The van der Waals surface area contributed by atoms with Gasteiger partial charge in [0.15, 0.2) is 0 Å². The van der Waals surface area contributed by atoms with Gasteiger partial charge < -0.3 is 15.1 Å². The van der Waals surface area contributed by atoms with Crippen LogP contribution in [0.4, 0.5) is 23.0 Å². The van der Waals surface area contributed by atoms with Crippen molar-refractivity contribution in [3.8, 4) is 0 Å². The van der Waals surface area contributed by atoms with Gasteiger partial charge in [-0.25, -0.2) is 9.97 Å². The van der Waals surface area contributed by atoms with Gasteiger partial charge in [-0.05, 0) is 7.05 Å². The lowest BCUT2D eigenvalue weighted by Crippen LogP contribution is -2.45. The minimum absolute atomic E-state index is 0.205. The normalized spacial score (nSPS) is 14.5. The Morgan fingerprint density at radius 2 is 1.54 bits per heavy atom. The summed E-state index contributed by atoms with van der Waals surface area (Å²) >= 11 is 0. The molecule has 0 radical (unpaired) electrons. The SMILES string of the molecule is CN1CCN(c2ncc(NC(=O)c3cc([N+](=O)[O-])cc([N+](=O)[O-])c3)cn2)CC1. The molecule has 1 fully saturated rings. The number of likely N-dealkylation sites (N-methyl/N-ethyl adjacent to an activating group) is 1. The van der Waals surface area contributed by atoms with Crippen LogP contribution in [-0.4, -0.2) is 63.8 Å². The van der Waals surface area contributed by atoms with Crippen molar-refractivity contribution in [2.24, 2.45) is 0 Å². The summed E-state index contributed by atoms with van der Waals surface area (Å²) < 4.78 is 0. The van der Waals surface area contributed by atoms with Crippen molar-refractivity contribution in [1.82, 2.24) is 14.9 Å². The van der Waals surface area contributed by atoms with Crippen LogP contribution in [-0.2, 0) is 0 Å². The topological polar surface area (TPSA) is 148 Å². The Bertz CT molecular complexity index is 878. The van der Waals surface area contributed by atoms with Crippen LogP contribution in [0, 0.1) is 20.2 Å². The van der Waals surface area contributed by atoms with Crippen molar-refractivity contribution in [3.63, 3.8) is 0 Å². The molecule has 12 nitrogen and oxygen atoms in total. The van der Waals surface area contributed by atoms with Crippen LogP contribution >= 0.6 is 0 Å². The summed E-state index contributed by atoms with van der Waals surface area (Å²) in [5, 5.41) is 24.4. The highest BCUT2D eigenvalue weighted by molar-refractivity contribution is 6.05. The van der Waals surface area contributed by atoms with Gasteiger partial charge in [-0.3, -0.25) is 25.0 Å². The molecule has 0 aliphatic carbocycles. The molecule has 2 heterocycles. The average Bonchev–Trinajstić information content (AvgIpc) is 2.68. The van der Waals surface area contributed by atoms with E-state index in [2.05, 4.69) is 20.2 Å². The number of carbonyl (C=O) groups is 1.